The normalized spacial score (nSPS) is 11.0. The third-order valence-corrected chi connectivity index (χ3v) is 4.38. The van der Waals surface area contributed by atoms with Crippen LogP contribution in [0.1, 0.15) is 27.3 Å². The monoisotopic (exact) mass is 391 g/mol. The first kappa shape index (κ1) is 16.0. The molecule has 3 aromatic rings. The van der Waals surface area contributed by atoms with Gasteiger partial charge in [-0.25, -0.2) is 4.98 Å². The van der Waals surface area contributed by atoms with E-state index < -0.39 is 0 Å². The number of halogens is 2. The van der Waals surface area contributed by atoms with Crippen LogP contribution in [0, 0.1) is 20.8 Å². The first-order valence-electron chi connectivity index (χ1n) is 7.09. The predicted molar refractivity (Wildman–Crippen MR) is 96.5 cm³/mol. The number of imidazole rings is 1. The molecule has 0 atom stereocenters. The van der Waals surface area contributed by atoms with Gasteiger partial charge < -0.3 is 5.32 Å². The van der Waals surface area contributed by atoms with Gasteiger partial charge in [-0.05, 0) is 66.0 Å². The molecule has 0 saturated carbocycles. The zero-order valence-corrected chi connectivity index (χ0v) is 15.3. The highest BCUT2D eigenvalue weighted by Gasteiger charge is 2.18. The van der Waals surface area contributed by atoms with Gasteiger partial charge in [0.2, 0.25) is 0 Å². The summed E-state index contributed by atoms with van der Waals surface area (Å²) >= 11 is 9.48. The van der Waals surface area contributed by atoms with E-state index in [0.29, 0.717) is 22.1 Å². The van der Waals surface area contributed by atoms with Crippen LogP contribution in [0.3, 0.4) is 0 Å². The third kappa shape index (κ3) is 2.99. The first-order valence-corrected chi connectivity index (χ1v) is 8.26. The standard InChI is InChI=1S/C17H15BrClN3O/c1-9-4-5-13(19)7-14(9)21-17(23)15-11(3)20-16-10(2)6-12(18)8-22(15)16/h4-8H,1-3H3,(H,21,23). The van der Waals surface area contributed by atoms with Crippen LogP contribution in [0.25, 0.3) is 5.65 Å². The summed E-state index contributed by atoms with van der Waals surface area (Å²) in [5, 5.41) is 3.51. The summed E-state index contributed by atoms with van der Waals surface area (Å²) in [5.41, 5.74) is 4.63. The number of rotatable bonds is 2. The van der Waals surface area contributed by atoms with E-state index in [1.165, 1.54) is 0 Å². The van der Waals surface area contributed by atoms with Crippen LogP contribution in [-0.4, -0.2) is 15.3 Å². The fraction of sp³-hybridized carbons (Fsp3) is 0.176. The van der Waals surface area contributed by atoms with Crippen molar-refractivity contribution >= 4 is 44.8 Å². The van der Waals surface area contributed by atoms with E-state index in [1.54, 1.807) is 12.1 Å². The van der Waals surface area contributed by atoms with Crippen molar-refractivity contribution in [3.05, 3.63) is 62.5 Å². The molecule has 0 radical (unpaired) electrons. The Labute approximate surface area is 147 Å². The Morgan fingerprint density at radius 1 is 1.22 bits per heavy atom. The number of fused-ring (bicyclic) bond motifs is 1. The molecule has 23 heavy (non-hydrogen) atoms. The van der Waals surface area contributed by atoms with Crippen LogP contribution in [0.2, 0.25) is 5.02 Å². The summed E-state index contributed by atoms with van der Waals surface area (Å²) in [6, 6.07) is 7.39. The van der Waals surface area contributed by atoms with Gasteiger partial charge in [-0.1, -0.05) is 17.7 Å². The summed E-state index contributed by atoms with van der Waals surface area (Å²) in [6.45, 7) is 5.73. The number of nitrogens with one attached hydrogen (secondary N) is 1. The molecule has 4 nitrogen and oxygen atoms in total. The lowest BCUT2D eigenvalue weighted by atomic mass is 10.2. The fourth-order valence-electron chi connectivity index (χ4n) is 2.57. The average molecular weight is 393 g/mol. The lowest BCUT2D eigenvalue weighted by molar-refractivity contribution is 0.102. The fourth-order valence-corrected chi connectivity index (χ4v) is 3.29. The number of pyridine rings is 1. The van der Waals surface area contributed by atoms with Gasteiger partial charge in [0.1, 0.15) is 11.3 Å². The van der Waals surface area contributed by atoms with Crippen molar-refractivity contribution in [2.24, 2.45) is 0 Å². The highest BCUT2D eigenvalue weighted by atomic mass is 79.9. The van der Waals surface area contributed by atoms with Crippen molar-refractivity contribution in [1.29, 1.82) is 0 Å². The molecule has 118 valence electrons. The number of anilines is 1. The van der Waals surface area contributed by atoms with Gasteiger partial charge in [-0.3, -0.25) is 9.20 Å². The van der Waals surface area contributed by atoms with E-state index in [2.05, 4.69) is 26.2 Å². The molecule has 0 aliphatic rings. The van der Waals surface area contributed by atoms with Gasteiger partial charge in [-0.2, -0.15) is 0 Å². The maximum Gasteiger partial charge on any atom is 0.274 e. The number of nitrogens with zero attached hydrogens (tertiary/aromatic N) is 2. The summed E-state index contributed by atoms with van der Waals surface area (Å²) in [5.74, 6) is -0.210. The van der Waals surface area contributed by atoms with Crippen molar-refractivity contribution in [2.75, 3.05) is 5.32 Å². The van der Waals surface area contributed by atoms with E-state index in [0.717, 1.165) is 21.2 Å². The molecule has 6 heteroatoms. The van der Waals surface area contributed by atoms with Crippen molar-refractivity contribution < 1.29 is 4.79 Å². The van der Waals surface area contributed by atoms with E-state index in [1.807, 2.05) is 43.5 Å². The molecule has 0 spiro atoms. The van der Waals surface area contributed by atoms with Gasteiger partial charge in [0, 0.05) is 21.4 Å². The summed E-state index contributed by atoms with van der Waals surface area (Å²) < 4.78 is 2.71. The number of aryl methyl sites for hydroxylation is 3. The molecule has 0 bridgehead atoms. The molecule has 0 unspecified atom stereocenters. The Bertz CT molecular complexity index is 933. The van der Waals surface area contributed by atoms with Crippen molar-refractivity contribution in [2.45, 2.75) is 20.8 Å². The molecular weight excluding hydrogens is 378 g/mol. The Hall–Kier alpha value is -1.85. The SMILES string of the molecule is Cc1ccc(Cl)cc1NC(=O)c1c(C)nc2c(C)cc(Br)cn12. The zero-order chi connectivity index (χ0) is 16.7. The maximum absolute atomic E-state index is 12.8. The number of hydrogen-bond donors (Lipinski definition) is 1. The number of hydrogen-bond acceptors (Lipinski definition) is 2. The van der Waals surface area contributed by atoms with Crippen LogP contribution in [0.5, 0.6) is 0 Å². The number of aromatic nitrogens is 2. The van der Waals surface area contributed by atoms with E-state index >= 15 is 0 Å². The highest BCUT2D eigenvalue weighted by Crippen LogP contribution is 2.24. The second-order valence-electron chi connectivity index (χ2n) is 5.49. The molecule has 1 N–H and O–H groups in total. The molecule has 2 heterocycles. The van der Waals surface area contributed by atoms with E-state index in [-0.39, 0.29) is 5.91 Å². The van der Waals surface area contributed by atoms with E-state index in [9.17, 15) is 4.79 Å². The van der Waals surface area contributed by atoms with Gasteiger partial charge in [0.05, 0.1) is 5.69 Å². The van der Waals surface area contributed by atoms with Crippen molar-refractivity contribution in [3.63, 3.8) is 0 Å². The minimum Gasteiger partial charge on any atom is -0.320 e. The minimum atomic E-state index is -0.210. The summed E-state index contributed by atoms with van der Waals surface area (Å²) in [4.78, 5) is 17.3. The zero-order valence-electron chi connectivity index (χ0n) is 12.9. The number of carbonyl (C=O) groups is 1. The number of amides is 1. The summed E-state index contributed by atoms with van der Waals surface area (Å²) in [6.07, 6.45) is 1.85. The molecule has 3 rings (SSSR count). The lowest BCUT2D eigenvalue weighted by Gasteiger charge is -2.10. The lowest BCUT2D eigenvalue weighted by Crippen LogP contribution is -2.16. The van der Waals surface area contributed by atoms with Gasteiger partial charge in [-0.15, -0.1) is 0 Å². The Kier molecular flexibility index (Phi) is 4.17. The van der Waals surface area contributed by atoms with Crippen LogP contribution < -0.4 is 5.32 Å². The largest absolute Gasteiger partial charge is 0.320 e. The van der Waals surface area contributed by atoms with Crippen molar-refractivity contribution in [3.8, 4) is 0 Å². The van der Waals surface area contributed by atoms with Crippen LogP contribution in [0.15, 0.2) is 34.9 Å². The van der Waals surface area contributed by atoms with Gasteiger partial charge in [0.25, 0.3) is 5.91 Å². The smallest absolute Gasteiger partial charge is 0.274 e. The Morgan fingerprint density at radius 3 is 2.70 bits per heavy atom. The molecule has 1 aromatic carbocycles. The molecule has 2 aromatic heterocycles. The average Bonchev–Trinajstić information content (AvgIpc) is 2.79. The van der Waals surface area contributed by atoms with Crippen LogP contribution in [0.4, 0.5) is 5.69 Å². The molecular formula is C17H15BrClN3O. The molecule has 0 fully saturated rings. The van der Waals surface area contributed by atoms with Crippen molar-refractivity contribution in [1.82, 2.24) is 9.38 Å². The first-order chi connectivity index (χ1) is 10.9. The summed E-state index contributed by atoms with van der Waals surface area (Å²) in [7, 11) is 0. The second-order valence-corrected chi connectivity index (χ2v) is 6.85. The molecule has 0 saturated heterocycles. The molecule has 0 aliphatic carbocycles. The Balaban J connectivity index is 2.08. The molecule has 0 aliphatic heterocycles. The van der Waals surface area contributed by atoms with Crippen LogP contribution >= 0.6 is 27.5 Å². The Morgan fingerprint density at radius 2 is 1.96 bits per heavy atom. The quantitative estimate of drug-likeness (QED) is 0.672. The predicted octanol–water partition coefficient (Wildman–Crippen LogP) is 4.93. The van der Waals surface area contributed by atoms with Crippen LogP contribution in [-0.2, 0) is 0 Å². The van der Waals surface area contributed by atoms with Gasteiger partial charge in [0.15, 0.2) is 0 Å². The highest BCUT2D eigenvalue weighted by molar-refractivity contribution is 9.10. The second kappa shape index (κ2) is 5.98. The van der Waals surface area contributed by atoms with Gasteiger partial charge >= 0.3 is 0 Å². The number of carbonyl (C=O) groups excluding carboxylic acids is 1. The topological polar surface area (TPSA) is 46.4 Å². The maximum atomic E-state index is 12.8. The minimum absolute atomic E-state index is 0.210. The third-order valence-electron chi connectivity index (χ3n) is 3.71. The molecule has 1 amide bonds. The van der Waals surface area contributed by atoms with E-state index in [4.69, 9.17) is 11.6 Å². The number of benzene rings is 1.